The second-order valence-corrected chi connectivity index (χ2v) is 8.76. The molecule has 1 aromatic heterocycles. The summed E-state index contributed by atoms with van der Waals surface area (Å²) in [5.74, 6) is -0.802. The average Bonchev–Trinajstić information content (AvgIpc) is 2.95. The molecule has 10 nitrogen and oxygen atoms in total. The summed E-state index contributed by atoms with van der Waals surface area (Å²) in [6.07, 6.45) is 1.23. The third-order valence-electron chi connectivity index (χ3n) is 6.35. The Labute approximate surface area is 210 Å². The molecule has 0 radical (unpaired) electrons. The molecule has 3 heterocycles. The van der Waals surface area contributed by atoms with Crippen LogP contribution in [0.25, 0.3) is 0 Å². The standard InChI is InChI=1S/C26H30N8O2/c35-25(31-19-1-5-21(6-2-19)33-13-9-27-10-14-33)23-17-24(30-18-29-23)26(36)32-20-3-7-22(8-4-20)34-15-11-28-12-16-34/h1-8,17-18,27-28H,9-16H2,(H,31,35)(H,32,36). The number of hydrogen-bond donors (Lipinski definition) is 4. The van der Waals surface area contributed by atoms with E-state index in [1.54, 1.807) is 0 Å². The Morgan fingerprint density at radius 3 is 1.42 bits per heavy atom. The zero-order valence-electron chi connectivity index (χ0n) is 20.0. The van der Waals surface area contributed by atoms with Gasteiger partial charge in [0.25, 0.3) is 11.8 Å². The van der Waals surface area contributed by atoms with E-state index in [2.05, 4.69) is 41.0 Å². The van der Waals surface area contributed by atoms with Crippen molar-refractivity contribution in [2.24, 2.45) is 0 Å². The number of nitrogens with one attached hydrogen (secondary N) is 4. The van der Waals surface area contributed by atoms with E-state index in [4.69, 9.17) is 0 Å². The molecule has 3 aromatic rings. The summed E-state index contributed by atoms with van der Waals surface area (Å²) >= 11 is 0. The van der Waals surface area contributed by atoms with Crippen molar-refractivity contribution >= 4 is 34.6 Å². The lowest BCUT2D eigenvalue weighted by molar-refractivity contribution is 0.102. The number of benzene rings is 2. The van der Waals surface area contributed by atoms with Gasteiger partial charge in [-0.25, -0.2) is 9.97 Å². The highest BCUT2D eigenvalue weighted by atomic mass is 16.2. The average molecular weight is 487 g/mol. The first-order valence-electron chi connectivity index (χ1n) is 12.2. The number of anilines is 4. The summed E-state index contributed by atoms with van der Waals surface area (Å²) in [5.41, 5.74) is 3.81. The van der Waals surface area contributed by atoms with Gasteiger partial charge in [-0.15, -0.1) is 0 Å². The molecule has 5 rings (SSSR count). The predicted molar refractivity (Wildman–Crippen MR) is 141 cm³/mol. The zero-order chi connectivity index (χ0) is 24.7. The van der Waals surface area contributed by atoms with E-state index in [-0.39, 0.29) is 11.4 Å². The molecular formula is C26H30N8O2. The van der Waals surface area contributed by atoms with Gasteiger partial charge in [-0.1, -0.05) is 0 Å². The van der Waals surface area contributed by atoms with Gasteiger partial charge in [0.15, 0.2) is 0 Å². The lowest BCUT2D eigenvalue weighted by atomic mass is 10.2. The van der Waals surface area contributed by atoms with E-state index < -0.39 is 11.8 Å². The summed E-state index contributed by atoms with van der Waals surface area (Å²) in [7, 11) is 0. The van der Waals surface area contributed by atoms with Crippen LogP contribution in [0.15, 0.2) is 60.9 Å². The van der Waals surface area contributed by atoms with Crippen LogP contribution in [0, 0.1) is 0 Å². The van der Waals surface area contributed by atoms with Crippen LogP contribution in [-0.4, -0.2) is 74.1 Å². The normalized spacial score (nSPS) is 15.9. The summed E-state index contributed by atoms with van der Waals surface area (Å²) in [5, 5.41) is 12.4. The van der Waals surface area contributed by atoms with Crippen LogP contribution in [0.4, 0.5) is 22.7 Å². The Balaban J connectivity index is 1.19. The van der Waals surface area contributed by atoms with Gasteiger partial charge in [-0.3, -0.25) is 9.59 Å². The highest BCUT2D eigenvalue weighted by molar-refractivity contribution is 6.07. The van der Waals surface area contributed by atoms with Crippen molar-refractivity contribution in [3.05, 3.63) is 72.3 Å². The Morgan fingerprint density at radius 1 is 0.639 bits per heavy atom. The van der Waals surface area contributed by atoms with Crippen molar-refractivity contribution in [2.75, 3.05) is 72.8 Å². The Hall–Kier alpha value is -4.02. The molecule has 10 heteroatoms. The van der Waals surface area contributed by atoms with Gasteiger partial charge in [-0.05, 0) is 48.5 Å². The summed E-state index contributed by atoms with van der Waals surface area (Å²) in [6.45, 7) is 7.67. The van der Waals surface area contributed by atoms with Crippen LogP contribution in [0.1, 0.15) is 21.0 Å². The molecule has 2 amide bonds. The number of carbonyl (C=O) groups is 2. The molecule has 2 saturated heterocycles. The van der Waals surface area contributed by atoms with E-state index in [0.717, 1.165) is 63.7 Å². The maximum atomic E-state index is 12.8. The highest BCUT2D eigenvalue weighted by Gasteiger charge is 2.16. The molecule has 2 aliphatic heterocycles. The first kappa shape index (κ1) is 23.7. The molecule has 0 unspecified atom stereocenters. The number of aromatic nitrogens is 2. The molecule has 2 aliphatic rings. The molecule has 0 saturated carbocycles. The smallest absolute Gasteiger partial charge is 0.274 e. The molecule has 4 N–H and O–H groups in total. The van der Waals surface area contributed by atoms with Crippen molar-refractivity contribution in [2.45, 2.75) is 0 Å². The number of amides is 2. The lowest BCUT2D eigenvalue weighted by Crippen LogP contribution is -2.43. The third-order valence-corrected chi connectivity index (χ3v) is 6.35. The van der Waals surface area contributed by atoms with Crippen LogP contribution < -0.4 is 31.1 Å². The van der Waals surface area contributed by atoms with Gasteiger partial charge < -0.3 is 31.1 Å². The fourth-order valence-corrected chi connectivity index (χ4v) is 4.35. The molecule has 0 spiro atoms. The molecule has 36 heavy (non-hydrogen) atoms. The Kier molecular flexibility index (Phi) is 7.34. The molecule has 186 valence electrons. The topological polar surface area (TPSA) is 115 Å². The summed E-state index contributed by atoms with van der Waals surface area (Å²) in [6, 6.07) is 16.8. The van der Waals surface area contributed by atoms with Gasteiger partial charge in [0.05, 0.1) is 0 Å². The Morgan fingerprint density at radius 2 is 1.03 bits per heavy atom. The molecular weight excluding hydrogens is 456 g/mol. The first-order valence-corrected chi connectivity index (χ1v) is 12.2. The van der Waals surface area contributed by atoms with Gasteiger partial charge in [0.2, 0.25) is 0 Å². The largest absolute Gasteiger partial charge is 0.369 e. The molecule has 2 fully saturated rings. The predicted octanol–water partition coefficient (Wildman–Crippen LogP) is 1.80. The maximum Gasteiger partial charge on any atom is 0.274 e. The molecule has 0 bridgehead atoms. The minimum atomic E-state index is -0.401. The first-order chi connectivity index (χ1) is 17.7. The lowest BCUT2D eigenvalue weighted by Gasteiger charge is -2.29. The van der Waals surface area contributed by atoms with Crippen LogP contribution in [0.5, 0.6) is 0 Å². The number of rotatable bonds is 6. The van der Waals surface area contributed by atoms with E-state index >= 15 is 0 Å². The molecule has 0 aliphatic carbocycles. The van der Waals surface area contributed by atoms with Crippen molar-refractivity contribution in [1.29, 1.82) is 0 Å². The van der Waals surface area contributed by atoms with Gasteiger partial charge in [0.1, 0.15) is 17.7 Å². The van der Waals surface area contributed by atoms with E-state index in [1.165, 1.54) is 12.4 Å². The van der Waals surface area contributed by atoms with Crippen molar-refractivity contribution < 1.29 is 9.59 Å². The minimum Gasteiger partial charge on any atom is -0.369 e. The monoisotopic (exact) mass is 486 g/mol. The zero-order valence-corrected chi connectivity index (χ0v) is 20.0. The Bertz CT molecular complexity index is 1100. The molecule has 2 aromatic carbocycles. The van der Waals surface area contributed by atoms with Crippen LogP contribution in [-0.2, 0) is 0 Å². The quantitative estimate of drug-likeness (QED) is 0.417. The number of piperazine rings is 2. The fraction of sp³-hybridized carbons (Fsp3) is 0.308. The summed E-state index contributed by atoms with van der Waals surface area (Å²) < 4.78 is 0. The van der Waals surface area contributed by atoms with Gasteiger partial charge >= 0.3 is 0 Å². The van der Waals surface area contributed by atoms with Crippen LogP contribution in [0.2, 0.25) is 0 Å². The second-order valence-electron chi connectivity index (χ2n) is 8.76. The minimum absolute atomic E-state index is 0.121. The van der Waals surface area contributed by atoms with Crippen LogP contribution >= 0.6 is 0 Å². The fourth-order valence-electron chi connectivity index (χ4n) is 4.35. The second kappa shape index (κ2) is 11.1. The third kappa shape index (κ3) is 5.78. The van der Waals surface area contributed by atoms with E-state index in [1.807, 2.05) is 48.5 Å². The van der Waals surface area contributed by atoms with Gasteiger partial charge in [-0.2, -0.15) is 0 Å². The number of nitrogens with zero attached hydrogens (tertiary/aromatic N) is 4. The number of carbonyl (C=O) groups excluding carboxylic acids is 2. The number of hydrogen-bond acceptors (Lipinski definition) is 8. The SMILES string of the molecule is O=C(Nc1ccc(N2CCNCC2)cc1)c1cc(C(=O)Nc2ccc(N3CCNCC3)cc2)ncn1. The van der Waals surface area contributed by atoms with Crippen molar-refractivity contribution in [3.8, 4) is 0 Å². The van der Waals surface area contributed by atoms with Gasteiger partial charge in [0, 0.05) is 81.2 Å². The van der Waals surface area contributed by atoms with E-state index in [9.17, 15) is 9.59 Å². The highest BCUT2D eigenvalue weighted by Crippen LogP contribution is 2.20. The maximum absolute atomic E-state index is 12.8. The summed E-state index contributed by atoms with van der Waals surface area (Å²) in [4.78, 5) is 38.2. The van der Waals surface area contributed by atoms with E-state index in [0.29, 0.717) is 11.4 Å². The van der Waals surface area contributed by atoms with Crippen LogP contribution in [0.3, 0.4) is 0 Å². The van der Waals surface area contributed by atoms with Crippen molar-refractivity contribution in [1.82, 2.24) is 20.6 Å². The molecule has 0 atom stereocenters. The van der Waals surface area contributed by atoms with Crippen molar-refractivity contribution in [3.63, 3.8) is 0 Å².